The number of rotatable bonds is 8. The minimum Gasteiger partial charge on any atom is -0.494 e. The van der Waals surface area contributed by atoms with Crippen LogP contribution < -0.4 is 15.8 Å². The van der Waals surface area contributed by atoms with Crippen molar-refractivity contribution >= 4 is 11.8 Å². The maximum atomic E-state index is 11.4. The van der Waals surface area contributed by atoms with E-state index in [1.54, 1.807) is 0 Å². The van der Waals surface area contributed by atoms with E-state index < -0.39 is 5.60 Å². The van der Waals surface area contributed by atoms with Crippen LogP contribution >= 0.6 is 0 Å². The van der Waals surface area contributed by atoms with Gasteiger partial charge in [0.2, 0.25) is 0 Å². The minimum atomic E-state index is -0.441. The SMILES string of the molecule is CC(C)(C)OC(=O)NCCCCCCOc1ccc(N)cc1. The summed E-state index contributed by atoms with van der Waals surface area (Å²) < 4.78 is 10.8. The summed E-state index contributed by atoms with van der Waals surface area (Å²) in [7, 11) is 0. The van der Waals surface area contributed by atoms with Gasteiger partial charge in [-0.05, 0) is 57.9 Å². The van der Waals surface area contributed by atoms with Crippen LogP contribution in [-0.4, -0.2) is 24.8 Å². The largest absolute Gasteiger partial charge is 0.494 e. The van der Waals surface area contributed by atoms with E-state index in [-0.39, 0.29) is 6.09 Å². The molecule has 0 radical (unpaired) electrons. The van der Waals surface area contributed by atoms with Crippen LogP contribution in [0.3, 0.4) is 0 Å². The maximum Gasteiger partial charge on any atom is 0.407 e. The number of anilines is 1. The van der Waals surface area contributed by atoms with Gasteiger partial charge in [0.15, 0.2) is 0 Å². The van der Waals surface area contributed by atoms with Crippen molar-refractivity contribution in [3.63, 3.8) is 0 Å². The number of nitrogens with two attached hydrogens (primary N) is 1. The normalized spacial score (nSPS) is 11.0. The molecule has 0 aliphatic heterocycles. The number of alkyl carbamates (subject to hydrolysis) is 1. The molecule has 22 heavy (non-hydrogen) atoms. The van der Waals surface area contributed by atoms with Crippen LogP contribution in [0.5, 0.6) is 5.75 Å². The highest BCUT2D eigenvalue weighted by molar-refractivity contribution is 5.67. The van der Waals surface area contributed by atoms with E-state index in [1.807, 2.05) is 45.0 Å². The van der Waals surface area contributed by atoms with Gasteiger partial charge in [-0.3, -0.25) is 0 Å². The van der Waals surface area contributed by atoms with Crippen molar-refractivity contribution in [2.24, 2.45) is 0 Å². The van der Waals surface area contributed by atoms with Crippen molar-refractivity contribution in [1.82, 2.24) is 5.32 Å². The fraction of sp³-hybridized carbons (Fsp3) is 0.588. The molecule has 0 fully saturated rings. The van der Waals surface area contributed by atoms with E-state index in [2.05, 4.69) is 5.32 Å². The van der Waals surface area contributed by atoms with E-state index in [0.717, 1.165) is 37.1 Å². The molecule has 124 valence electrons. The van der Waals surface area contributed by atoms with E-state index in [4.69, 9.17) is 15.2 Å². The first-order valence-electron chi connectivity index (χ1n) is 7.82. The van der Waals surface area contributed by atoms with Crippen molar-refractivity contribution in [3.8, 4) is 5.75 Å². The minimum absolute atomic E-state index is 0.348. The number of nitrogens with one attached hydrogen (secondary N) is 1. The summed E-state index contributed by atoms with van der Waals surface area (Å²) in [6.45, 7) is 6.91. The molecule has 3 N–H and O–H groups in total. The molecule has 1 aromatic carbocycles. The number of hydrogen-bond acceptors (Lipinski definition) is 4. The number of amides is 1. The van der Waals surface area contributed by atoms with Gasteiger partial charge in [-0.2, -0.15) is 0 Å². The van der Waals surface area contributed by atoms with E-state index >= 15 is 0 Å². The Hall–Kier alpha value is -1.91. The first-order chi connectivity index (χ1) is 10.4. The predicted molar refractivity (Wildman–Crippen MR) is 89.1 cm³/mol. The molecule has 0 unspecified atom stereocenters. The highest BCUT2D eigenvalue weighted by Crippen LogP contribution is 2.13. The Morgan fingerprint density at radius 2 is 1.73 bits per heavy atom. The molecule has 0 bridgehead atoms. The first kappa shape index (κ1) is 18.1. The maximum absolute atomic E-state index is 11.4. The molecule has 0 aliphatic rings. The standard InChI is InChI=1S/C17H28N2O3/c1-17(2,3)22-16(20)19-12-6-4-5-7-13-21-15-10-8-14(18)9-11-15/h8-11H,4-7,12-13,18H2,1-3H3,(H,19,20). The summed E-state index contributed by atoms with van der Waals surface area (Å²) in [6.07, 6.45) is 3.73. The third-order valence-corrected chi connectivity index (χ3v) is 2.89. The Bertz CT molecular complexity index is 438. The van der Waals surface area contributed by atoms with Crippen molar-refractivity contribution in [1.29, 1.82) is 0 Å². The molecule has 0 saturated heterocycles. The summed E-state index contributed by atoms with van der Waals surface area (Å²) in [5, 5.41) is 2.76. The number of unbranched alkanes of at least 4 members (excludes halogenated alkanes) is 3. The van der Waals surface area contributed by atoms with Crippen LogP contribution in [0.1, 0.15) is 46.5 Å². The number of carbonyl (C=O) groups is 1. The summed E-state index contributed by atoms with van der Waals surface area (Å²) in [5.74, 6) is 0.848. The molecule has 5 nitrogen and oxygen atoms in total. The third kappa shape index (κ3) is 9.10. The summed E-state index contributed by atoms with van der Waals surface area (Å²) >= 11 is 0. The zero-order valence-electron chi connectivity index (χ0n) is 13.9. The Morgan fingerprint density at radius 1 is 1.09 bits per heavy atom. The Balaban J connectivity index is 1.95. The lowest BCUT2D eigenvalue weighted by Crippen LogP contribution is -2.32. The summed E-state index contributed by atoms with van der Waals surface area (Å²) in [5.41, 5.74) is 5.91. The molecule has 5 heteroatoms. The second kappa shape index (κ2) is 9.18. The van der Waals surface area contributed by atoms with Crippen LogP contribution in [0.4, 0.5) is 10.5 Å². The third-order valence-electron chi connectivity index (χ3n) is 2.89. The molecular formula is C17H28N2O3. The van der Waals surface area contributed by atoms with Gasteiger partial charge in [0.1, 0.15) is 11.4 Å². The number of carbonyl (C=O) groups excluding carboxylic acids is 1. The van der Waals surface area contributed by atoms with Gasteiger partial charge in [-0.25, -0.2) is 4.79 Å². The zero-order chi connectivity index (χ0) is 16.4. The van der Waals surface area contributed by atoms with Crippen molar-refractivity contribution in [2.45, 2.75) is 52.1 Å². The van der Waals surface area contributed by atoms with Crippen molar-refractivity contribution in [2.75, 3.05) is 18.9 Å². The lowest BCUT2D eigenvalue weighted by Gasteiger charge is -2.19. The lowest BCUT2D eigenvalue weighted by molar-refractivity contribution is 0.0527. The van der Waals surface area contributed by atoms with Gasteiger partial charge in [0.25, 0.3) is 0 Å². The Labute approximate surface area is 133 Å². The smallest absolute Gasteiger partial charge is 0.407 e. The van der Waals surface area contributed by atoms with Gasteiger partial charge in [-0.1, -0.05) is 12.8 Å². The van der Waals surface area contributed by atoms with Crippen LogP contribution in [0.25, 0.3) is 0 Å². The van der Waals surface area contributed by atoms with Crippen LogP contribution in [0.2, 0.25) is 0 Å². The van der Waals surface area contributed by atoms with Crippen LogP contribution in [-0.2, 0) is 4.74 Å². The van der Waals surface area contributed by atoms with Gasteiger partial charge in [0.05, 0.1) is 6.61 Å². The Kier molecular flexibility index (Phi) is 7.57. The van der Waals surface area contributed by atoms with E-state index in [1.165, 1.54) is 0 Å². The predicted octanol–water partition coefficient (Wildman–Crippen LogP) is 3.73. The second-order valence-electron chi connectivity index (χ2n) is 6.26. The van der Waals surface area contributed by atoms with Crippen molar-refractivity contribution < 1.29 is 14.3 Å². The number of benzene rings is 1. The molecule has 0 heterocycles. The van der Waals surface area contributed by atoms with E-state index in [0.29, 0.717) is 13.2 Å². The fourth-order valence-corrected chi connectivity index (χ4v) is 1.84. The fourth-order valence-electron chi connectivity index (χ4n) is 1.84. The monoisotopic (exact) mass is 308 g/mol. The zero-order valence-corrected chi connectivity index (χ0v) is 13.9. The van der Waals surface area contributed by atoms with Gasteiger partial charge in [-0.15, -0.1) is 0 Å². The van der Waals surface area contributed by atoms with Crippen LogP contribution in [0.15, 0.2) is 24.3 Å². The quantitative estimate of drug-likeness (QED) is 0.567. The molecule has 1 aromatic rings. The summed E-state index contributed by atoms with van der Waals surface area (Å²) in [6, 6.07) is 7.41. The Morgan fingerprint density at radius 3 is 2.36 bits per heavy atom. The molecule has 0 spiro atoms. The molecule has 0 aromatic heterocycles. The van der Waals surface area contributed by atoms with Gasteiger partial charge < -0.3 is 20.5 Å². The average Bonchev–Trinajstić information content (AvgIpc) is 2.42. The topological polar surface area (TPSA) is 73.6 Å². The molecular weight excluding hydrogens is 280 g/mol. The molecule has 1 amide bonds. The second-order valence-corrected chi connectivity index (χ2v) is 6.26. The number of ether oxygens (including phenoxy) is 2. The van der Waals surface area contributed by atoms with Gasteiger partial charge >= 0.3 is 6.09 Å². The molecule has 0 atom stereocenters. The van der Waals surface area contributed by atoms with Crippen LogP contribution in [0, 0.1) is 0 Å². The first-order valence-corrected chi connectivity index (χ1v) is 7.82. The average molecular weight is 308 g/mol. The highest BCUT2D eigenvalue weighted by atomic mass is 16.6. The summed E-state index contributed by atoms with van der Waals surface area (Å²) in [4.78, 5) is 11.4. The number of hydrogen-bond donors (Lipinski definition) is 2. The van der Waals surface area contributed by atoms with Gasteiger partial charge in [0, 0.05) is 12.2 Å². The number of nitrogen functional groups attached to an aromatic ring is 1. The molecule has 1 rings (SSSR count). The highest BCUT2D eigenvalue weighted by Gasteiger charge is 2.15. The van der Waals surface area contributed by atoms with Crippen molar-refractivity contribution in [3.05, 3.63) is 24.3 Å². The molecule has 0 aliphatic carbocycles. The van der Waals surface area contributed by atoms with E-state index in [9.17, 15) is 4.79 Å². The molecule has 0 saturated carbocycles. The lowest BCUT2D eigenvalue weighted by atomic mass is 10.2.